The fourth-order valence-electron chi connectivity index (χ4n) is 4.20. The smallest absolute Gasteiger partial charge is 0.258 e. The van der Waals surface area contributed by atoms with Crippen LogP contribution in [-0.2, 0) is 6.42 Å². The molecule has 0 fully saturated rings. The summed E-state index contributed by atoms with van der Waals surface area (Å²) in [5.74, 6) is -0.307. The largest absolute Gasteiger partial charge is 0.438 e. The number of pyridine rings is 1. The van der Waals surface area contributed by atoms with Crippen LogP contribution >= 0.6 is 15.9 Å². The van der Waals surface area contributed by atoms with Crippen molar-refractivity contribution in [3.8, 4) is 0 Å². The van der Waals surface area contributed by atoms with Gasteiger partial charge in [0, 0.05) is 35.4 Å². The Morgan fingerprint density at radius 1 is 1.34 bits per heavy atom. The molecule has 1 atom stereocenters. The number of hydrogen-bond donors (Lipinski definition) is 1. The lowest BCUT2D eigenvalue weighted by atomic mass is 10.0. The SMILES string of the molecule is Cc1cc2c(C(=O)N3CCc4[nH]cnc4[C@H]3c3nc4cc(F)ccc4o3)cnn2cc1Br. The Labute approximate surface area is 189 Å². The van der Waals surface area contributed by atoms with Crippen LogP contribution < -0.4 is 0 Å². The van der Waals surface area contributed by atoms with E-state index in [9.17, 15) is 9.18 Å². The number of aromatic amines is 1. The van der Waals surface area contributed by atoms with E-state index in [1.165, 1.54) is 18.2 Å². The zero-order valence-electron chi connectivity index (χ0n) is 16.8. The van der Waals surface area contributed by atoms with Crippen molar-refractivity contribution < 1.29 is 13.6 Å². The lowest BCUT2D eigenvalue weighted by Crippen LogP contribution is -2.41. The van der Waals surface area contributed by atoms with Crippen LogP contribution in [0.3, 0.4) is 0 Å². The molecule has 1 amide bonds. The van der Waals surface area contributed by atoms with Crippen molar-refractivity contribution in [3.05, 3.63) is 81.7 Å². The number of aromatic nitrogens is 5. The second-order valence-corrected chi connectivity index (χ2v) is 8.63. The third kappa shape index (κ3) is 2.86. The topological polar surface area (TPSA) is 92.3 Å². The predicted molar refractivity (Wildman–Crippen MR) is 117 cm³/mol. The Hall–Kier alpha value is -3.53. The Bertz CT molecular complexity index is 1520. The molecule has 6 rings (SSSR count). The molecule has 5 aromatic rings. The molecule has 1 N–H and O–H groups in total. The van der Waals surface area contributed by atoms with Crippen LogP contribution in [0.1, 0.15) is 39.2 Å². The van der Waals surface area contributed by atoms with Crippen molar-refractivity contribution >= 4 is 38.5 Å². The van der Waals surface area contributed by atoms with Gasteiger partial charge >= 0.3 is 0 Å². The summed E-state index contributed by atoms with van der Waals surface area (Å²) in [5, 5.41) is 4.35. The van der Waals surface area contributed by atoms with Gasteiger partial charge in [0.15, 0.2) is 11.6 Å². The van der Waals surface area contributed by atoms with E-state index in [-0.39, 0.29) is 5.91 Å². The fourth-order valence-corrected chi connectivity index (χ4v) is 4.51. The summed E-state index contributed by atoms with van der Waals surface area (Å²) >= 11 is 3.50. The molecule has 0 saturated heterocycles. The van der Waals surface area contributed by atoms with Crippen molar-refractivity contribution in [2.45, 2.75) is 19.4 Å². The average Bonchev–Trinajstić information content (AvgIpc) is 3.50. The van der Waals surface area contributed by atoms with E-state index >= 15 is 0 Å². The van der Waals surface area contributed by atoms with Crippen LogP contribution in [-0.4, -0.2) is 41.9 Å². The van der Waals surface area contributed by atoms with Gasteiger partial charge in [-0.15, -0.1) is 0 Å². The molecule has 1 aromatic carbocycles. The third-order valence-corrected chi connectivity index (χ3v) is 6.65. The van der Waals surface area contributed by atoms with E-state index < -0.39 is 11.9 Å². The van der Waals surface area contributed by atoms with E-state index in [2.05, 4.69) is 36.0 Å². The number of halogens is 2. The molecule has 160 valence electrons. The number of fused-ring (bicyclic) bond motifs is 3. The van der Waals surface area contributed by atoms with Crippen LogP contribution in [0.2, 0.25) is 0 Å². The molecular weight excluding hydrogens is 479 g/mol. The quantitative estimate of drug-likeness (QED) is 0.397. The highest BCUT2D eigenvalue weighted by Crippen LogP contribution is 2.36. The first-order valence-electron chi connectivity index (χ1n) is 10.0. The summed E-state index contributed by atoms with van der Waals surface area (Å²) in [6.07, 6.45) is 5.62. The van der Waals surface area contributed by atoms with Gasteiger partial charge in [0.25, 0.3) is 5.91 Å². The summed E-state index contributed by atoms with van der Waals surface area (Å²) in [4.78, 5) is 27.5. The minimum Gasteiger partial charge on any atom is -0.438 e. The minimum atomic E-state index is -0.639. The zero-order chi connectivity index (χ0) is 22.0. The van der Waals surface area contributed by atoms with Gasteiger partial charge < -0.3 is 14.3 Å². The monoisotopic (exact) mass is 494 g/mol. The van der Waals surface area contributed by atoms with Gasteiger partial charge in [-0.05, 0) is 46.6 Å². The molecular formula is C22H16BrFN6O2. The van der Waals surface area contributed by atoms with Crippen LogP contribution in [0.5, 0.6) is 0 Å². The summed E-state index contributed by atoms with van der Waals surface area (Å²) in [7, 11) is 0. The molecule has 0 unspecified atom stereocenters. The molecule has 1 aliphatic heterocycles. The van der Waals surface area contributed by atoms with Gasteiger partial charge in [-0.2, -0.15) is 5.10 Å². The number of imidazole rings is 1. The lowest BCUT2D eigenvalue weighted by molar-refractivity contribution is 0.0669. The highest BCUT2D eigenvalue weighted by Gasteiger charge is 2.38. The molecule has 8 nitrogen and oxygen atoms in total. The number of nitrogens with one attached hydrogen (secondary N) is 1. The zero-order valence-corrected chi connectivity index (χ0v) is 18.4. The first kappa shape index (κ1) is 19.2. The summed E-state index contributed by atoms with van der Waals surface area (Å²) in [6.45, 7) is 2.40. The molecule has 5 heterocycles. The Balaban J connectivity index is 1.48. The first-order chi connectivity index (χ1) is 15.5. The van der Waals surface area contributed by atoms with Gasteiger partial charge in [-0.3, -0.25) is 4.79 Å². The maximum Gasteiger partial charge on any atom is 0.258 e. The third-order valence-electron chi connectivity index (χ3n) is 5.82. The van der Waals surface area contributed by atoms with Gasteiger partial charge in [-0.1, -0.05) is 0 Å². The van der Waals surface area contributed by atoms with Crippen molar-refractivity contribution in [1.29, 1.82) is 0 Å². The maximum atomic E-state index is 13.7. The number of nitrogens with zero attached hydrogens (tertiary/aromatic N) is 5. The molecule has 0 radical (unpaired) electrons. The van der Waals surface area contributed by atoms with Crippen molar-refractivity contribution in [2.75, 3.05) is 6.54 Å². The molecule has 10 heteroatoms. The molecule has 0 bridgehead atoms. The molecule has 0 aliphatic carbocycles. The van der Waals surface area contributed by atoms with Gasteiger partial charge in [0.1, 0.15) is 11.3 Å². The number of amides is 1. The number of benzene rings is 1. The first-order valence-corrected chi connectivity index (χ1v) is 10.8. The second kappa shape index (κ2) is 6.99. The standard InChI is InChI=1S/C22H16BrFN6O2/c1-11-6-17-13(8-27-30(17)9-14(11)23)22(31)29-5-4-15-19(26-10-25-15)20(29)21-28-16-7-12(24)2-3-18(16)32-21/h2-3,6-10,20H,4-5H2,1H3,(H,25,26)/t20-/m0/s1. The van der Waals surface area contributed by atoms with Crippen molar-refractivity contribution in [3.63, 3.8) is 0 Å². The number of carbonyl (C=O) groups is 1. The summed E-state index contributed by atoms with van der Waals surface area (Å²) in [5.41, 5.74) is 4.63. The van der Waals surface area contributed by atoms with E-state index in [4.69, 9.17) is 4.42 Å². The minimum absolute atomic E-state index is 0.200. The number of carbonyl (C=O) groups excluding carboxylic acids is 1. The molecule has 0 spiro atoms. The number of H-pyrrole nitrogens is 1. The Morgan fingerprint density at radius 2 is 2.22 bits per heavy atom. The summed E-state index contributed by atoms with van der Waals surface area (Å²) in [6, 6.07) is 5.45. The number of oxazole rings is 1. The van der Waals surface area contributed by atoms with Gasteiger partial charge in [0.05, 0.1) is 29.3 Å². The van der Waals surface area contributed by atoms with Crippen molar-refractivity contribution in [2.24, 2.45) is 0 Å². The van der Waals surface area contributed by atoms with Crippen LogP contribution in [0.25, 0.3) is 16.6 Å². The predicted octanol–water partition coefficient (Wildman–Crippen LogP) is 4.20. The highest BCUT2D eigenvalue weighted by atomic mass is 79.9. The normalized spacial score (nSPS) is 16.1. The average molecular weight is 495 g/mol. The van der Waals surface area contributed by atoms with Crippen LogP contribution in [0, 0.1) is 12.7 Å². The maximum absolute atomic E-state index is 13.7. The Kier molecular flexibility index (Phi) is 4.19. The van der Waals surface area contributed by atoms with E-state index in [0.717, 1.165) is 15.7 Å². The summed E-state index contributed by atoms with van der Waals surface area (Å²) < 4.78 is 22.2. The van der Waals surface area contributed by atoms with Gasteiger partial charge in [-0.25, -0.2) is 18.9 Å². The van der Waals surface area contributed by atoms with E-state index in [1.54, 1.807) is 21.9 Å². The number of hydrogen-bond acceptors (Lipinski definition) is 5. The molecule has 0 saturated carbocycles. The molecule has 4 aromatic heterocycles. The van der Waals surface area contributed by atoms with Crippen LogP contribution in [0.4, 0.5) is 4.39 Å². The van der Waals surface area contributed by atoms with Gasteiger partial charge in [0.2, 0.25) is 5.89 Å². The number of aryl methyl sites for hydroxylation is 1. The van der Waals surface area contributed by atoms with E-state index in [0.29, 0.717) is 46.7 Å². The lowest BCUT2D eigenvalue weighted by Gasteiger charge is -2.32. The molecule has 1 aliphatic rings. The highest BCUT2D eigenvalue weighted by molar-refractivity contribution is 9.10. The number of rotatable bonds is 2. The molecule has 32 heavy (non-hydrogen) atoms. The van der Waals surface area contributed by atoms with Crippen LogP contribution in [0.15, 0.2) is 51.9 Å². The van der Waals surface area contributed by atoms with Crippen molar-refractivity contribution in [1.82, 2.24) is 29.5 Å². The Morgan fingerprint density at radius 3 is 3.09 bits per heavy atom. The fraction of sp³-hybridized carbons (Fsp3) is 0.182. The van der Waals surface area contributed by atoms with E-state index in [1.807, 2.05) is 19.2 Å². The second-order valence-electron chi connectivity index (χ2n) is 7.77.